The molecule has 0 aliphatic rings. The van der Waals surface area contributed by atoms with Crippen LogP contribution in [0.3, 0.4) is 0 Å². The first-order valence-corrected chi connectivity index (χ1v) is 2.89. The highest BCUT2D eigenvalue weighted by Gasteiger charge is 2.04. The van der Waals surface area contributed by atoms with Gasteiger partial charge in [0.25, 0.3) is 5.95 Å². The van der Waals surface area contributed by atoms with Crippen LogP contribution < -0.4 is 5.73 Å². The Morgan fingerprint density at radius 2 is 2.50 bits per heavy atom. The lowest BCUT2D eigenvalue weighted by Gasteiger charge is -1.97. The summed E-state index contributed by atoms with van der Waals surface area (Å²) in [7, 11) is 0. The van der Waals surface area contributed by atoms with Crippen molar-refractivity contribution in [3.05, 3.63) is 30.5 Å². The summed E-state index contributed by atoms with van der Waals surface area (Å²) in [4.78, 5) is 0. The highest BCUT2D eigenvalue weighted by atomic mass is 16.5. The summed E-state index contributed by atoms with van der Waals surface area (Å²) in [5, 5.41) is 8.74. The maximum Gasteiger partial charge on any atom is 0.282 e. The van der Waals surface area contributed by atoms with Gasteiger partial charge in [0, 0.05) is 11.6 Å². The molecule has 3 N–H and O–H groups in total. The molecule has 0 spiro atoms. The molecule has 1 heterocycles. The van der Waals surface area contributed by atoms with Gasteiger partial charge < -0.3 is 15.3 Å². The van der Waals surface area contributed by atoms with Gasteiger partial charge in [0.15, 0.2) is 0 Å². The van der Waals surface area contributed by atoms with Gasteiger partial charge in [-0.05, 0) is 0 Å². The molecule has 1 unspecified atom stereocenters. The molecule has 0 aliphatic heterocycles. The van der Waals surface area contributed by atoms with Crippen LogP contribution in [0.4, 0.5) is 0 Å². The van der Waals surface area contributed by atoms with Gasteiger partial charge in [-0.2, -0.15) is 0 Å². The minimum atomic E-state index is -0.260. The highest BCUT2D eigenvalue weighted by Crippen LogP contribution is 2.18. The van der Waals surface area contributed by atoms with E-state index in [0.29, 0.717) is 0 Å². The number of aromatic hydroxyl groups is 1. The number of rotatable bonds is 2. The Morgan fingerprint density at radius 1 is 1.80 bits per heavy atom. The van der Waals surface area contributed by atoms with Gasteiger partial charge in [-0.15, -0.1) is 6.58 Å². The number of hydrogen-bond donors (Lipinski definition) is 2. The summed E-state index contributed by atoms with van der Waals surface area (Å²) < 4.78 is 4.62. The van der Waals surface area contributed by atoms with Gasteiger partial charge in [0.1, 0.15) is 0 Å². The molecular weight excluding hydrogens is 130 g/mol. The second-order valence-electron chi connectivity index (χ2n) is 1.98. The Kier molecular flexibility index (Phi) is 1.78. The summed E-state index contributed by atoms with van der Waals surface area (Å²) in [6.45, 7) is 3.50. The van der Waals surface area contributed by atoms with Gasteiger partial charge >= 0.3 is 0 Å². The van der Waals surface area contributed by atoms with Crippen molar-refractivity contribution in [3.8, 4) is 5.95 Å². The van der Waals surface area contributed by atoms with Gasteiger partial charge in [-0.1, -0.05) is 6.08 Å². The SMILES string of the molecule is C=CC(N)c1coc(O)c1. The van der Waals surface area contributed by atoms with Crippen LogP contribution in [0.2, 0.25) is 0 Å². The smallest absolute Gasteiger partial charge is 0.282 e. The van der Waals surface area contributed by atoms with Crippen LogP contribution in [-0.4, -0.2) is 5.11 Å². The lowest BCUT2D eigenvalue weighted by Crippen LogP contribution is -2.04. The van der Waals surface area contributed by atoms with E-state index in [4.69, 9.17) is 10.8 Å². The van der Waals surface area contributed by atoms with Crippen molar-refractivity contribution in [1.82, 2.24) is 0 Å². The number of nitrogens with two attached hydrogens (primary N) is 1. The Balaban J connectivity index is 2.84. The molecule has 1 aromatic rings. The molecule has 0 amide bonds. The molecule has 3 heteroatoms. The van der Waals surface area contributed by atoms with Crippen molar-refractivity contribution in [2.75, 3.05) is 0 Å². The van der Waals surface area contributed by atoms with Crippen LogP contribution >= 0.6 is 0 Å². The van der Waals surface area contributed by atoms with Gasteiger partial charge in [-0.25, -0.2) is 0 Å². The first kappa shape index (κ1) is 6.89. The average molecular weight is 139 g/mol. The molecule has 1 atom stereocenters. The quantitative estimate of drug-likeness (QED) is 0.604. The van der Waals surface area contributed by atoms with Crippen molar-refractivity contribution in [2.45, 2.75) is 6.04 Å². The van der Waals surface area contributed by atoms with E-state index in [1.807, 2.05) is 0 Å². The summed E-state index contributed by atoms with van der Waals surface area (Å²) in [5.41, 5.74) is 6.25. The van der Waals surface area contributed by atoms with E-state index in [0.717, 1.165) is 5.56 Å². The maximum absolute atomic E-state index is 8.74. The third-order valence-electron chi connectivity index (χ3n) is 1.24. The predicted octanol–water partition coefficient (Wildman–Crippen LogP) is 1.17. The third kappa shape index (κ3) is 1.19. The van der Waals surface area contributed by atoms with E-state index in [2.05, 4.69) is 11.0 Å². The first-order valence-electron chi connectivity index (χ1n) is 2.89. The Morgan fingerprint density at radius 3 is 2.90 bits per heavy atom. The molecular formula is C7H9NO2. The molecule has 3 nitrogen and oxygen atoms in total. The van der Waals surface area contributed by atoms with Crippen molar-refractivity contribution in [3.63, 3.8) is 0 Å². The van der Waals surface area contributed by atoms with E-state index < -0.39 is 0 Å². The first-order chi connectivity index (χ1) is 4.74. The Labute approximate surface area is 58.8 Å². The van der Waals surface area contributed by atoms with E-state index in [1.54, 1.807) is 6.08 Å². The lowest BCUT2D eigenvalue weighted by atomic mass is 10.2. The molecule has 0 aromatic carbocycles. The zero-order valence-electron chi connectivity index (χ0n) is 5.45. The van der Waals surface area contributed by atoms with Crippen LogP contribution in [0.15, 0.2) is 29.4 Å². The summed E-state index contributed by atoms with van der Waals surface area (Å²) in [6.07, 6.45) is 2.98. The maximum atomic E-state index is 8.74. The van der Waals surface area contributed by atoms with E-state index in [1.165, 1.54) is 12.3 Å². The average Bonchev–Trinajstić information content (AvgIpc) is 2.34. The number of furan rings is 1. The Hall–Kier alpha value is -1.22. The fourth-order valence-corrected chi connectivity index (χ4v) is 0.650. The van der Waals surface area contributed by atoms with Gasteiger partial charge in [0.05, 0.1) is 12.3 Å². The zero-order chi connectivity index (χ0) is 7.56. The van der Waals surface area contributed by atoms with Crippen molar-refractivity contribution >= 4 is 0 Å². The fraction of sp³-hybridized carbons (Fsp3) is 0.143. The largest absolute Gasteiger partial charge is 0.481 e. The normalized spacial score (nSPS) is 12.9. The van der Waals surface area contributed by atoms with Crippen molar-refractivity contribution in [2.24, 2.45) is 5.73 Å². The zero-order valence-corrected chi connectivity index (χ0v) is 5.45. The Bertz CT molecular complexity index is 229. The van der Waals surface area contributed by atoms with Crippen LogP contribution in [0.25, 0.3) is 0 Å². The molecule has 0 aliphatic carbocycles. The van der Waals surface area contributed by atoms with Crippen LogP contribution in [0.5, 0.6) is 5.95 Å². The monoisotopic (exact) mass is 139 g/mol. The minimum absolute atomic E-state index is 0.118. The van der Waals surface area contributed by atoms with Gasteiger partial charge in [-0.3, -0.25) is 0 Å². The molecule has 10 heavy (non-hydrogen) atoms. The van der Waals surface area contributed by atoms with E-state index in [9.17, 15) is 0 Å². The highest BCUT2D eigenvalue weighted by molar-refractivity contribution is 5.22. The predicted molar refractivity (Wildman–Crippen MR) is 37.5 cm³/mol. The van der Waals surface area contributed by atoms with E-state index >= 15 is 0 Å². The van der Waals surface area contributed by atoms with E-state index in [-0.39, 0.29) is 12.0 Å². The van der Waals surface area contributed by atoms with Crippen LogP contribution in [0.1, 0.15) is 11.6 Å². The van der Waals surface area contributed by atoms with Crippen LogP contribution in [0, 0.1) is 0 Å². The number of hydrogen-bond acceptors (Lipinski definition) is 3. The molecule has 0 saturated carbocycles. The fourth-order valence-electron chi connectivity index (χ4n) is 0.650. The summed E-state index contributed by atoms with van der Waals surface area (Å²) >= 11 is 0. The molecule has 0 radical (unpaired) electrons. The van der Waals surface area contributed by atoms with Crippen molar-refractivity contribution in [1.29, 1.82) is 0 Å². The topological polar surface area (TPSA) is 59.4 Å². The molecule has 0 saturated heterocycles. The second kappa shape index (κ2) is 2.58. The minimum Gasteiger partial charge on any atom is -0.481 e. The standard InChI is InChI=1S/C7H9NO2/c1-2-6(8)5-3-7(9)10-4-5/h2-4,6,9H,1,8H2. The van der Waals surface area contributed by atoms with Crippen molar-refractivity contribution < 1.29 is 9.52 Å². The molecule has 1 aromatic heterocycles. The van der Waals surface area contributed by atoms with Crippen LogP contribution in [-0.2, 0) is 0 Å². The second-order valence-corrected chi connectivity index (χ2v) is 1.98. The van der Waals surface area contributed by atoms with Gasteiger partial charge in [0.2, 0.25) is 0 Å². The molecule has 0 fully saturated rings. The molecule has 54 valence electrons. The molecule has 1 rings (SSSR count). The summed E-state index contributed by atoms with van der Waals surface area (Å²) in [5.74, 6) is -0.118. The lowest BCUT2D eigenvalue weighted by molar-refractivity contribution is 0.332. The third-order valence-corrected chi connectivity index (χ3v) is 1.24. The molecule has 0 bridgehead atoms. The summed E-state index contributed by atoms with van der Waals surface area (Å²) in [6, 6.07) is 1.21.